The van der Waals surface area contributed by atoms with Crippen LogP contribution in [-0.4, -0.2) is 16.9 Å². The van der Waals surface area contributed by atoms with Gasteiger partial charge in [0.1, 0.15) is 0 Å². The molecule has 0 unspecified atom stereocenters. The number of fused-ring (bicyclic) bond motifs is 1. The quantitative estimate of drug-likeness (QED) is 0.125. The number of rotatable bonds is 4. The van der Waals surface area contributed by atoms with Gasteiger partial charge in [-0.25, -0.2) is 0 Å². The van der Waals surface area contributed by atoms with Crippen LogP contribution in [0.2, 0.25) is 0 Å². The first-order valence-electron chi connectivity index (χ1n) is 14.9. The summed E-state index contributed by atoms with van der Waals surface area (Å²) in [5, 5.41) is 2.66. The van der Waals surface area contributed by atoms with Crippen LogP contribution in [0.3, 0.4) is 0 Å². The number of allylic oxidation sites excluding steroid dienone is 2. The van der Waals surface area contributed by atoms with Gasteiger partial charge in [0.05, 0.1) is 5.91 Å². The van der Waals surface area contributed by atoms with Crippen molar-refractivity contribution in [2.24, 2.45) is 5.92 Å². The molecule has 1 amide bonds. The maximum atomic E-state index is 11.1. The van der Waals surface area contributed by atoms with E-state index >= 15 is 0 Å². The van der Waals surface area contributed by atoms with Gasteiger partial charge in [-0.15, -0.1) is 29.7 Å². The van der Waals surface area contributed by atoms with Crippen LogP contribution in [0.25, 0.3) is 27.7 Å². The van der Waals surface area contributed by atoms with Crippen LogP contribution in [-0.2, 0) is 26.5 Å². The van der Waals surface area contributed by atoms with Gasteiger partial charge in [0.15, 0.2) is 0 Å². The second-order valence-electron chi connectivity index (χ2n) is 10.7. The molecule has 0 aromatic heterocycles. The van der Waals surface area contributed by atoms with Crippen molar-refractivity contribution in [1.82, 2.24) is 0 Å². The number of hydrogen-bond acceptors (Lipinski definition) is 1. The first-order valence-corrected chi connectivity index (χ1v) is 14.9. The van der Waals surface area contributed by atoms with E-state index < -0.39 is 0 Å². The Morgan fingerprint density at radius 2 is 1.00 bits per heavy atom. The molecule has 2 nitrogen and oxygen atoms in total. The third-order valence-corrected chi connectivity index (χ3v) is 7.63. The summed E-state index contributed by atoms with van der Waals surface area (Å²) in [6.07, 6.45) is 13.5. The topological polar surface area (TPSA) is 40.9 Å². The SMILES string of the molecule is C=C(C(=C)c1ccccc1)c1ccccc1.[CH3-].[CH3-].[NH-]C(=O)C1CCCCCCCCCCC1.[Si].[Ti+4].c1ccc2[cH-]ccc2c1. The molecule has 1 aliphatic carbocycles. The zero-order valence-electron chi connectivity index (χ0n) is 27.0. The minimum absolute atomic E-state index is 0. The van der Waals surface area contributed by atoms with Crippen LogP contribution < -0.4 is 0 Å². The van der Waals surface area contributed by atoms with Crippen LogP contribution in [0.1, 0.15) is 81.8 Å². The van der Waals surface area contributed by atoms with E-state index in [1.54, 1.807) is 0 Å². The maximum absolute atomic E-state index is 11.1. The Bertz CT molecular complexity index is 1210. The fourth-order valence-electron chi connectivity index (χ4n) is 5.12. The minimum Gasteiger partial charge on any atom is -0.668 e. The van der Waals surface area contributed by atoms with Crippen molar-refractivity contribution in [2.45, 2.75) is 70.6 Å². The first-order chi connectivity index (χ1) is 19.6. The van der Waals surface area contributed by atoms with E-state index in [1.807, 2.05) is 36.4 Å². The Labute approximate surface area is 288 Å². The number of carbonyl (C=O) groups excluding carboxylic acids is 1. The Morgan fingerprint density at radius 1 is 0.614 bits per heavy atom. The first kappa shape index (κ1) is 43.3. The van der Waals surface area contributed by atoms with E-state index in [4.69, 9.17) is 5.73 Å². The third kappa shape index (κ3) is 15.7. The largest absolute Gasteiger partial charge is 4.00 e. The van der Waals surface area contributed by atoms with Crippen LogP contribution in [0.4, 0.5) is 0 Å². The smallest absolute Gasteiger partial charge is 0.668 e. The number of benzene rings is 3. The van der Waals surface area contributed by atoms with E-state index in [0.717, 1.165) is 48.0 Å². The molecule has 0 spiro atoms. The second kappa shape index (κ2) is 25.5. The van der Waals surface area contributed by atoms with Crippen molar-refractivity contribution in [3.8, 4) is 0 Å². The third-order valence-electron chi connectivity index (χ3n) is 7.63. The van der Waals surface area contributed by atoms with E-state index in [9.17, 15) is 4.79 Å². The fourth-order valence-corrected chi connectivity index (χ4v) is 5.12. The van der Waals surface area contributed by atoms with Crippen molar-refractivity contribution >= 4 is 38.8 Å². The molecule has 4 radical (unpaired) electrons. The molecular weight excluding hydrogens is 586 g/mol. The molecule has 0 atom stereocenters. The van der Waals surface area contributed by atoms with Crippen LogP contribution in [0, 0.1) is 20.8 Å². The number of hydrogen-bond donors (Lipinski definition) is 0. The van der Waals surface area contributed by atoms with Crippen molar-refractivity contribution in [3.63, 3.8) is 0 Å². The molecule has 230 valence electrons. The standard InChI is InChI=1S/C16H14.C13H25NO.C9H7.2CH3.Si.Ti/c1-13(15-9-5-3-6-10-15)14(2)16-11-7-4-8-12-16;14-13(15)12-10-8-6-4-2-1-3-5-7-9-11-12;1-2-5-9-7-3-6-8(9)4-1;;;;/h3-12H,1-2H2;12H,1-11H2,(H2,14,15);1-7H;2*1H3;;/q;;3*-1;;+4/p-1. The van der Waals surface area contributed by atoms with Crippen LogP contribution >= 0.6 is 0 Å². The van der Waals surface area contributed by atoms with E-state index in [2.05, 4.69) is 79.9 Å². The van der Waals surface area contributed by atoms with Gasteiger partial charge in [-0.3, -0.25) is 0 Å². The van der Waals surface area contributed by atoms with Gasteiger partial charge in [-0.1, -0.05) is 138 Å². The summed E-state index contributed by atoms with van der Waals surface area (Å²) in [6, 6.07) is 34.9. The van der Waals surface area contributed by atoms with Crippen molar-refractivity contribution in [3.05, 3.63) is 148 Å². The van der Waals surface area contributed by atoms with E-state index in [1.165, 1.54) is 55.7 Å². The maximum Gasteiger partial charge on any atom is 4.00 e. The molecule has 1 saturated carbocycles. The van der Waals surface area contributed by atoms with Crippen molar-refractivity contribution in [1.29, 1.82) is 0 Å². The summed E-state index contributed by atoms with van der Waals surface area (Å²) < 4.78 is 0. The zero-order valence-corrected chi connectivity index (χ0v) is 29.6. The Balaban J connectivity index is 0. The van der Waals surface area contributed by atoms with Gasteiger partial charge in [0.25, 0.3) is 0 Å². The molecule has 0 aliphatic heterocycles. The predicted molar refractivity (Wildman–Crippen MR) is 193 cm³/mol. The number of amides is 1. The molecule has 5 rings (SSSR count). The second-order valence-corrected chi connectivity index (χ2v) is 10.7. The summed E-state index contributed by atoms with van der Waals surface area (Å²) in [5.74, 6) is -0.281. The average Bonchev–Trinajstić information content (AvgIpc) is 3.47. The Morgan fingerprint density at radius 3 is 1.41 bits per heavy atom. The molecule has 4 aromatic carbocycles. The fraction of sp³-hybridized carbons (Fsp3) is 0.300. The molecule has 44 heavy (non-hydrogen) atoms. The van der Waals surface area contributed by atoms with Gasteiger partial charge >= 0.3 is 21.7 Å². The number of nitrogens with one attached hydrogen (secondary N) is 1. The van der Waals surface area contributed by atoms with Gasteiger partial charge < -0.3 is 25.4 Å². The van der Waals surface area contributed by atoms with Crippen LogP contribution in [0.5, 0.6) is 0 Å². The monoisotopic (exact) mass is 637 g/mol. The van der Waals surface area contributed by atoms with Gasteiger partial charge in [-0.2, -0.15) is 17.5 Å². The molecule has 1 fully saturated rings. The number of carbonyl (C=O) groups is 1. The summed E-state index contributed by atoms with van der Waals surface area (Å²) in [7, 11) is 0. The minimum atomic E-state index is -0.327. The predicted octanol–water partition coefficient (Wildman–Crippen LogP) is 12.0. The molecule has 1 aliphatic rings. The summed E-state index contributed by atoms with van der Waals surface area (Å²) in [6.45, 7) is 8.20. The normalized spacial score (nSPS) is 13.4. The Kier molecular flexibility index (Phi) is 25.1. The summed E-state index contributed by atoms with van der Waals surface area (Å²) in [5.41, 5.74) is 11.4. The van der Waals surface area contributed by atoms with Gasteiger partial charge in [0, 0.05) is 16.9 Å². The molecule has 0 bridgehead atoms. The van der Waals surface area contributed by atoms with Gasteiger partial charge in [0.2, 0.25) is 0 Å². The molecule has 0 heterocycles. The molecule has 4 aromatic rings. The Hall–Kier alpha value is -2.85. The summed E-state index contributed by atoms with van der Waals surface area (Å²) in [4.78, 5) is 11.1. The molecule has 4 heteroatoms. The zero-order chi connectivity index (χ0) is 28.4. The van der Waals surface area contributed by atoms with Crippen LogP contribution in [0.15, 0.2) is 116 Å². The summed E-state index contributed by atoms with van der Waals surface area (Å²) >= 11 is 0. The molecular formula is C40H51NOSiTi. The van der Waals surface area contributed by atoms with E-state index in [-0.39, 0.29) is 59.4 Å². The van der Waals surface area contributed by atoms with Crippen molar-refractivity contribution in [2.75, 3.05) is 0 Å². The molecule has 1 N–H and O–H groups in total. The molecule has 0 saturated heterocycles. The average molecular weight is 638 g/mol. The van der Waals surface area contributed by atoms with E-state index in [0.29, 0.717) is 0 Å². The van der Waals surface area contributed by atoms with Crippen molar-refractivity contribution < 1.29 is 26.5 Å². The van der Waals surface area contributed by atoms with Gasteiger partial charge in [-0.05, 0) is 35.1 Å².